The van der Waals surface area contributed by atoms with Crippen LogP contribution in [0.25, 0.3) is 0 Å². The minimum Gasteiger partial charge on any atom is -0.330 e. The molecule has 4 heteroatoms. The molecule has 1 aromatic carbocycles. The molecule has 1 aromatic rings. The van der Waals surface area contributed by atoms with Crippen LogP contribution in [-0.2, 0) is 16.6 Å². The lowest BCUT2D eigenvalue weighted by atomic mass is 10.2. The van der Waals surface area contributed by atoms with Crippen LogP contribution < -0.4 is 5.73 Å². The van der Waals surface area contributed by atoms with E-state index in [2.05, 4.69) is 0 Å². The molecule has 0 aliphatic carbocycles. The molecule has 1 rings (SSSR count). The lowest BCUT2D eigenvalue weighted by molar-refractivity contribution is 0.627. The second kappa shape index (κ2) is 5.09. The van der Waals surface area contributed by atoms with Gasteiger partial charge in [0.25, 0.3) is 0 Å². The Bertz CT molecular complexity index is 286. The van der Waals surface area contributed by atoms with Crippen molar-refractivity contribution in [1.82, 2.24) is 0 Å². The standard InChI is InChI=1S/C9H12FNOS/c10-9-3-1-8(2-4-9)7-13(12)6-5-11/h1-4H,5-7,11H2. The Morgan fingerprint density at radius 2 is 1.92 bits per heavy atom. The molecule has 1 atom stereocenters. The third-order valence-electron chi connectivity index (χ3n) is 1.59. The first-order valence-corrected chi connectivity index (χ1v) is 5.50. The predicted molar refractivity (Wildman–Crippen MR) is 52.2 cm³/mol. The Hall–Kier alpha value is -0.740. The van der Waals surface area contributed by atoms with E-state index >= 15 is 0 Å². The van der Waals surface area contributed by atoms with E-state index in [9.17, 15) is 8.60 Å². The van der Waals surface area contributed by atoms with Crippen LogP contribution in [0.1, 0.15) is 5.56 Å². The summed E-state index contributed by atoms with van der Waals surface area (Å²) in [5.41, 5.74) is 6.14. The Balaban J connectivity index is 2.54. The van der Waals surface area contributed by atoms with E-state index in [1.807, 2.05) is 0 Å². The van der Waals surface area contributed by atoms with Crippen LogP contribution >= 0.6 is 0 Å². The van der Waals surface area contributed by atoms with Gasteiger partial charge >= 0.3 is 0 Å². The Kier molecular flexibility index (Phi) is 4.05. The monoisotopic (exact) mass is 201 g/mol. The van der Waals surface area contributed by atoms with Crippen molar-refractivity contribution in [2.24, 2.45) is 5.73 Å². The van der Waals surface area contributed by atoms with E-state index in [1.165, 1.54) is 12.1 Å². The molecule has 0 heterocycles. The number of nitrogens with two attached hydrogens (primary N) is 1. The van der Waals surface area contributed by atoms with E-state index in [1.54, 1.807) is 12.1 Å². The molecule has 0 aromatic heterocycles. The van der Waals surface area contributed by atoms with E-state index in [0.717, 1.165) is 5.56 Å². The van der Waals surface area contributed by atoms with Crippen molar-refractivity contribution in [3.8, 4) is 0 Å². The van der Waals surface area contributed by atoms with Gasteiger partial charge in [0.15, 0.2) is 0 Å². The predicted octanol–water partition coefficient (Wildman–Crippen LogP) is 1.03. The number of halogens is 1. The molecule has 1 unspecified atom stereocenters. The molecule has 0 spiro atoms. The van der Waals surface area contributed by atoms with Crippen LogP contribution in [0, 0.1) is 5.82 Å². The van der Waals surface area contributed by atoms with Crippen LogP contribution in [0.3, 0.4) is 0 Å². The van der Waals surface area contributed by atoms with Gasteiger partial charge in [-0.1, -0.05) is 12.1 Å². The Labute approximate surface area is 79.4 Å². The first kappa shape index (κ1) is 10.3. The highest BCUT2D eigenvalue weighted by molar-refractivity contribution is 7.84. The third-order valence-corrected chi connectivity index (χ3v) is 2.93. The van der Waals surface area contributed by atoms with E-state index in [4.69, 9.17) is 5.73 Å². The van der Waals surface area contributed by atoms with Gasteiger partial charge < -0.3 is 5.73 Å². The largest absolute Gasteiger partial charge is 0.330 e. The summed E-state index contributed by atoms with van der Waals surface area (Å²) in [7, 11) is -0.925. The zero-order valence-corrected chi connectivity index (χ0v) is 8.02. The molecule has 0 radical (unpaired) electrons. The molecule has 13 heavy (non-hydrogen) atoms. The zero-order chi connectivity index (χ0) is 9.68. The maximum Gasteiger partial charge on any atom is 0.123 e. The summed E-state index contributed by atoms with van der Waals surface area (Å²) in [4.78, 5) is 0. The first-order valence-electron chi connectivity index (χ1n) is 4.02. The SMILES string of the molecule is NCCS(=O)Cc1ccc(F)cc1. The molecule has 0 aliphatic heterocycles. The van der Waals surface area contributed by atoms with E-state index < -0.39 is 10.8 Å². The van der Waals surface area contributed by atoms with Gasteiger partial charge in [-0.05, 0) is 17.7 Å². The fourth-order valence-electron chi connectivity index (χ4n) is 0.970. The van der Waals surface area contributed by atoms with Crippen molar-refractivity contribution >= 4 is 10.8 Å². The summed E-state index contributed by atoms with van der Waals surface area (Å²) in [6, 6.07) is 6.03. The molecular weight excluding hydrogens is 189 g/mol. The lowest BCUT2D eigenvalue weighted by Gasteiger charge is -2.00. The summed E-state index contributed by atoms with van der Waals surface area (Å²) in [6.07, 6.45) is 0. The summed E-state index contributed by atoms with van der Waals surface area (Å²) >= 11 is 0. The van der Waals surface area contributed by atoms with Crippen LogP contribution in [0.5, 0.6) is 0 Å². The maximum absolute atomic E-state index is 12.5. The van der Waals surface area contributed by atoms with Crippen molar-refractivity contribution in [2.45, 2.75) is 5.75 Å². The van der Waals surface area contributed by atoms with Gasteiger partial charge in [0.2, 0.25) is 0 Å². The number of benzene rings is 1. The lowest BCUT2D eigenvalue weighted by Crippen LogP contribution is -2.11. The molecule has 2 nitrogen and oxygen atoms in total. The fourth-order valence-corrected chi connectivity index (χ4v) is 1.94. The normalized spacial score (nSPS) is 12.8. The van der Waals surface area contributed by atoms with E-state index in [-0.39, 0.29) is 5.82 Å². The second-order valence-electron chi connectivity index (χ2n) is 2.70. The molecule has 0 amide bonds. The average molecular weight is 201 g/mol. The summed E-state index contributed by atoms with van der Waals surface area (Å²) < 4.78 is 23.7. The van der Waals surface area contributed by atoms with Gasteiger partial charge in [-0.25, -0.2) is 4.39 Å². The molecule has 0 aliphatic rings. The molecule has 0 fully saturated rings. The van der Waals surface area contributed by atoms with Gasteiger partial charge in [0.05, 0.1) is 0 Å². The molecule has 0 saturated heterocycles. The minimum absolute atomic E-state index is 0.270. The maximum atomic E-state index is 12.5. The van der Waals surface area contributed by atoms with Crippen LogP contribution in [0.4, 0.5) is 4.39 Å². The van der Waals surface area contributed by atoms with Gasteiger partial charge in [-0.3, -0.25) is 4.21 Å². The van der Waals surface area contributed by atoms with Gasteiger partial charge in [-0.2, -0.15) is 0 Å². The number of hydrogen-bond acceptors (Lipinski definition) is 2. The highest BCUT2D eigenvalue weighted by Crippen LogP contribution is 2.05. The van der Waals surface area contributed by atoms with Gasteiger partial charge in [-0.15, -0.1) is 0 Å². The van der Waals surface area contributed by atoms with Crippen molar-refractivity contribution in [2.75, 3.05) is 12.3 Å². The Morgan fingerprint density at radius 3 is 2.46 bits per heavy atom. The van der Waals surface area contributed by atoms with Gasteiger partial charge in [0.1, 0.15) is 5.82 Å². The zero-order valence-electron chi connectivity index (χ0n) is 7.20. The van der Waals surface area contributed by atoms with Crippen molar-refractivity contribution < 1.29 is 8.60 Å². The van der Waals surface area contributed by atoms with Crippen molar-refractivity contribution in [3.05, 3.63) is 35.6 Å². The summed E-state index contributed by atoms with van der Waals surface area (Å²) in [5, 5.41) is 0. The van der Waals surface area contributed by atoms with Crippen molar-refractivity contribution in [3.63, 3.8) is 0 Å². The molecule has 0 bridgehead atoms. The number of hydrogen-bond donors (Lipinski definition) is 1. The highest BCUT2D eigenvalue weighted by atomic mass is 32.2. The van der Waals surface area contributed by atoms with Crippen LogP contribution in [0.2, 0.25) is 0 Å². The minimum atomic E-state index is -0.925. The fraction of sp³-hybridized carbons (Fsp3) is 0.333. The first-order chi connectivity index (χ1) is 6.22. The number of rotatable bonds is 4. The smallest absolute Gasteiger partial charge is 0.123 e. The third kappa shape index (κ3) is 3.65. The second-order valence-corrected chi connectivity index (χ2v) is 4.28. The molecule has 2 N–H and O–H groups in total. The van der Waals surface area contributed by atoms with Crippen LogP contribution in [-0.4, -0.2) is 16.5 Å². The molecule has 0 saturated carbocycles. The molecular formula is C9H12FNOS. The van der Waals surface area contributed by atoms with E-state index in [0.29, 0.717) is 18.1 Å². The molecule has 72 valence electrons. The van der Waals surface area contributed by atoms with Crippen LogP contribution in [0.15, 0.2) is 24.3 Å². The van der Waals surface area contributed by atoms with Gasteiger partial charge in [0, 0.05) is 28.9 Å². The Morgan fingerprint density at radius 1 is 1.31 bits per heavy atom. The summed E-state index contributed by atoms with van der Waals surface area (Å²) in [6.45, 7) is 0.424. The highest BCUT2D eigenvalue weighted by Gasteiger charge is 2.00. The quantitative estimate of drug-likeness (QED) is 0.790. The summed E-state index contributed by atoms with van der Waals surface area (Å²) in [5.74, 6) is 0.683. The average Bonchev–Trinajstić information content (AvgIpc) is 2.09. The van der Waals surface area contributed by atoms with Crippen molar-refractivity contribution in [1.29, 1.82) is 0 Å². The topological polar surface area (TPSA) is 43.1 Å².